The van der Waals surface area contributed by atoms with Gasteiger partial charge in [0.15, 0.2) is 11.5 Å². The Morgan fingerprint density at radius 3 is 2.37 bits per heavy atom. The topological polar surface area (TPSA) is 65.1 Å². The van der Waals surface area contributed by atoms with Crippen LogP contribution < -0.4 is 9.47 Å². The van der Waals surface area contributed by atoms with Gasteiger partial charge in [0.25, 0.3) is 0 Å². The van der Waals surface area contributed by atoms with E-state index in [1.807, 2.05) is 49.1 Å². The third kappa shape index (κ3) is 5.69. The minimum Gasteiger partial charge on any atom is -0.492 e. The minimum absolute atomic E-state index is 0.0415. The van der Waals surface area contributed by atoms with Gasteiger partial charge in [0.1, 0.15) is 5.60 Å². The lowest BCUT2D eigenvalue weighted by atomic mass is 9.88. The first kappa shape index (κ1) is 24.8. The van der Waals surface area contributed by atoms with Crippen LogP contribution in [0.3, 0.4) is 0 Å². The number of rotatable bonds is 7. The standard InChI is InChI=1S/C29H35NO5/c1-29(2)17-16-21-14-15-24(25(33-3)26(21)35-29)19-30(27(31)22-8-6-5-7-9-22)18-20-10-12-23(13-11-20)28(32)34-4/h10-17,22H,5-9,18-19H2,1-4H3. The highest BCUT2D eigenvalue weighted by Gasteiger charge is 2.30. The van der Waals surface area contributed by atoms with Crippen LogP contribution in [0.5, 0.6) is 11.5 Å². The zero-order valence-corrected chi connectivity index (χ0v) is 21.1. The van der Waals surface area contributed by atoms with Gasteiger partial charge >= 0.3 is 5.97 Å². The van der Waals surface area contributed by atoms with Gasteiger partial charge in [-0.05, 0) is 50.5 Å². The molecule has 35 heavy (non-hydrogen) atoms. The number of methoxy groups -OCH3 is 2. The fourth-order valence-corrected chi connectivity index (χ4v) is 4.90. The summed E-state index contributed by atoms with van der Waals surface area (Å²) in [5.74, 6) is 1.22. The van der Waals surface area contributed by atoms with Crippen LogP contribution in [-0.4, -0.2) is 36.6 Å². The molecular weight excluding hydrogens is 442 g/mol. The van der Waals surface area contributed by atoms with Gasteiger partial charge in [-0.25, -0.2) is 4.79 Å². The third-order valence-corrected chi connectivity index (χ3v) is 6.83. The number of carbonyl (C=O) groups is 2. The van der Waals surface area contributed by atoms with E-state index in [9.17, 15) is 9.59 Å². The van der Waals surface area contributed by atoms with Gasteiger partial charge in [-0.1, -0.05) is 49.6 Å². The van der Waals surface area contributed by atoms with Crippen LogP contribution in [0.4, 0.5) is 0 Å². The Labute approximate surface area is 207 Å². The number of nitrogens with zero attached hydrogens (tertiary/aromatic N) is 1. The number of hydrogen-bond donors (Lipinski definition) is 0. The third-order valence-electron chi connectivity index (χ3n) is 6.83. The van der Waals surface area contributed by atoms with Gasteiger partial charge in [0, 0.05) is 30.1 Å². The van der Waals surface area contributed by atoms with E-state index in [1.165, 1.54) is 13.5 Å². The van der Waals surface area contributed by atoms with Gasteiger partial charge in [-0.15, -0.1) is 0 Å². The van der Waals surface area contributed by atoms with E-state index in [4.69, 9.17) is 14.2 Å². The molecule has 0 spiro atoms. The Morgan fingerprint density at radius 1 is 1.00 bits per heavy atom. The summed E-state index contributed by atoms with van der Waals surface area (Å²) < 4.78 is 16.9. The quantitative estimate of drug-likeness (QED) is 0.473. The summed E-state index contributed by atoms with van der Waals surface area (Å²) >= 11 is 0. The summed E-state index contributed by atoms with van der Waals surface area (Å²) in [4.78, 5) is 27.4. The first-order valence-corrected chi connectivity index (χ1v) is 12.4. The molecule has 6 nitrogen and oxygen atoms in total. The first-order valence-electron chi connectivity index (χ1n) is 12.4. The van der Waals surface area contributed by atoms with Gasteiger partial charge in [-0.2, -0.15) is 0 Å². The summed E-state index contributed by atoms with van der Waals surface area (Å²) in [7, 11) is 3.01. The summed E-state index contributed by atoms with van der Waals surface area (Å²) in [6.45, 7) is 4.88. The molecule has 2 aliphatic rings. The van der Waals surface area contributed by atoms with Crippen LogP contribution in [0.2, 0.25) is 0 Å². The van der Waals surface area contributed by atoms with Gasteiger partial charge in [-0.3, -0.25) is 4.79 Å². The monoisotopic (exact) mass is 477 g/mol. The van der Waals surface area contributed by atoms with Crippen molar-refractivity contribution < 1.29 is 23.8 Å². The Morgan fingerprint density at radius 2 is 1.71 bits per heavy atom. The highest BCUT2D eigenvalue weighted by Crippen LogP contribution is 2.42. The maximum Gasteiger partial charge on any atom is 0.337 e. The zero-order valence-electron chi connectivity index (χ0n) is 21.1. The van der Waals surface area contributed by atoms with E-state index in [0.717, 1.165) is 42.4 Å². The largest absolute Gasteiger partial charge is 0.492 e. The molecule has 0 radical (unpaired) electrons. The van der Waals surface area contributed by atoms with E-state index in [1.54, 1.807) is 19.2 Å². The van der Waals surface area contributed by atoms with Crippen LogP contribution in [0.1, 0.15) is 73.0 Å². The Bertz CT molecular complexity index is 1100. The van der Waals surface area contributed by atoms with Crippen molar-refractivity contribution in [3.8, 4) is 11.5 Å². The van der Waals surface area contributed by atoms with E-state index >= 15 is 0 Å². The van der Waals surface area contributed by atoms with Crippen molar-refractivity contribution in [3.05, 3.63) is 64.7 Å². The molecule has 2 aromatic carbocycles. The average molecular weight is 478 g/mol. The molecule has 0 unspecified atom stereocenters. The molecule has 0 aromatic heterocycles. The molecule has 0 atom stereocenters. The molecule has 1 saturated carbocycles. The molecule has 1 aliphatic carbocycles. The molecule has 186 valence electrons. The van der Waals surface area contributed by atoms with Crippen molar-refractivity contribution in [2.24, 2.45) is 5.92 Å². The maximum atomic E-state index is 13.7. The lowest BCUT2D eigenvalue weighted by Gasteiger charge is -2.32. The van der Waals surface area contributed by atoms with E-state index in [2.05, 4.69) is 6.08 Å². The Kier molecular flexibility index (Phi) is 7.48. The highest BCUT2D eigenvalue weighted by atomic mass is 16.5. The second-order valence-corrected chi connectivity index (χ2v) is 9.93. The van der Waals surface area contributed by atoms with Gasteiger partial charge < -0.3 is 19.1 Å². The molecule has 0 bridgehead atoms. The molecule has 0 saturated heterocycles. The van der Waals surface area contributed by atoms with Crippen molar-refractivity contribution in [1.29, 1.82) is 0 Å². The number of hydrogen-bond acceptors (Lipinski definition) is 5. The molecule has 0 N–H and O–H groups in total. The van der Waals surface area contributed by atoms with Crippen molar-refractivity contribution in [2.45, 2.75) is 64.6 Å². The second-order valence-electron chi connectivity index (χ2n) is 9.93. The molecule has 1 heterocycles. The maximum absolute atomic E-state index is 13.7. The molecule has 1 fully saturated rings. The summed E-state index contributed by atoms with van der Waals surface area (Å²) in [5, 5.41) is 0. The van der Waals surface area contributed by atoms with Crippen LogP contribution in [0, 0.1) is 5.92 Å². The summed E-state index contributed by atoms with van der Waals surface area (Å²) in [6.07, 6.45) is 9.33. The van der Waals surface area contributed by atoms with Crippen molar-refractivity contribution in [1.82, 2.24) is 4.90 Å². The highest BCUT2D eigenvalue weighted by molar-refractivity contribution is 5.89. The van der Waals surface area contributed by atoms with E-state index in [0.29, 0.717) is 30.2 Å². The molecule has 1 amide bonds. The van der Waals surface area contributed by atoms with Crippen LogP contribution in [0.15, 0.2) is 42.5 Å². The molecule has 4 rings (SSSR count). The summed E-state index contributed by atoms with van der Waals surface area (Å²) in [6, 6.07) is 11.3. The van der Waals surface area contributed by atoms with Crippen LogP contribution in [-0.2, 0) is 22.6 Å². The number of ether oxygens (including phenoxy) is 3. The second kappa shape index (κ2) is 10.5. The molecular formula is C29H35NO5. The SMILES string of the molecule is COC(=O)c1ccc(CN(Cc2ccc3c(c2OC)OC(C)(C)C=C3)C(=O)C2CCCCC2)cc1. The van der Waals surface area contributed by atoms with Gasteiger partial charge in [0.05, 0.1) is 19.8 Å². The normalized spacial score (nSPS) is 16.7. The Balaban J connectivity index is 1.63. The van der Waals surface area contributed by atoms with Gasteiger partial charge in [0.2, 0.25) is 5.91 Å². The van der Waals surface area contributed by atoms with Crippen LogP contribution in [0.25, 0.3) is 6.08 Å². The number of benzene rings is 2. The predicted octanol–water partition coefficient (Wildman–Crippen LogP) is 5.78. The van der Waals surface area contributed by atoms with E-state index in [-0.39, 0.29) is 17.8 Å². The molecule has 2 aromatic rings. The fourth-order valence-electron chi connectivity index (χ4n) is 4.90. The number of fused-ring (bicyclic) bond motifs is 1. The lowest BCUT2D eigenvalue weighted by Crippen LogP contribution is -2.36. The van der Waals surface area contributed by atoms with Crippen LogP contribution >= 0.6 is 0 Å². The number of carbonyl (C=O) groups excluding carboxylic acids is 2. The number of esters is 1. The molecule has 6 heteroatoms. The number of amides is 1. The Hall–Kier alpha value is -3.28. The first-order chi connectivity index (χ1) is 16.8. The predicted molar refractivity (Wildman–Crippen MR) is 135 cm³/mol. The van der Waals surface area contributed by atoms with Crippen molar-refractivity contribution in [2.75, 3.05) is 14.2 Å². The minimum atomic E-state index is -0.433. The molecule has 1 aliphatic heterocycles. The van der Waals surface area contributed by atoms with Crippen molar-refractivity contribution in [3.63, 3.8) is 0 Å². The summed E-state index contributed by atoms with van der Waals surface area (Å²) in [5.41, 5.74) is 2.89. The average Bonchev–Trinajstić information content (AvgIpc) is 2.87. The lowest BCUT2D eigenvalue weighted by molar-refractivity contribution is -0.137. The fraction of sp³-hybridized carbons (Fsp3) is 0.448. The van der Waals surface area contributed by atoms with Crippen molar-refractivity contribution >= 4 is 18.0 Å². The zero-order chi connectivity index (χ0) is 25.0. The smallest absolute Gasteiger partial charge is 0.337 e. The van der Waals surface area contributed by atoms with E-state index < -0.39 is 5.60 Å².